The number of rotatable bonds is 4. The Morgan fingerprint density at radius 3 is 2.25 bits per heavy atom. The molecular formula is C27H37N3O2. The first kappa shape index (κ1) is 24.0. The smallest absolute Gasteiger partial charge is 0.270 e. The van der Waals surface area contributed by atoms with Crippen molar-refractivity contribution in [3.63, 3.8) is 0 Å². The summed E-state index contributed by atoms with van der Waals surface area (Å²) in [5.74, 6) is -0.226. The number of amides is 2. The monoisotopic (exact) mass is 435 g/mol. The van der Waals surface area contributed by atoms with Crippen molar-refractivity contribution in [2.24, 2.45) is 0 Å². The van der Waals surface area contributed by atoms with Gasteiger partial charge >= 0.3 is 0 Å². The van der Waals surface area contributed by atoms with Gasteiger partial charge in [0.15, 0.2) is 0 Å². The van der Waals surface area contributed by atoms with Crippen LogP contribution in [0.5, 0.6) is 0 Å². The summed E-state index contributed by atoms with van der Waals surface area (Å²) in [4.78, 5) is 30.7. The maximum atomic E-state index is 13.5. The van der Waals surface area contributed by atoms with Crippen molar-refractivity contribution in [3.05, 3.63) is 65.5 Å². The summed E-state index contributed by atoms with van der Waals surface area (Å²) in [5, 5.41) is 6.21. The van der Waals surface area contributed by atoms with Crippen LogP contribution in [0.3, 0.4) is 0 Å². The van der Waals surface area contributed by atoms with E-state index in [0.717, 1.165) is 12.8 Å². The predicted molar refractivity (Wildman–Crippen MR) is 129 cm³/mol. The molecule has 0 bridgehead atoms. The summed E-state index contributed by atoms with van der Waals surface area (Å²) >= 11 is 0. The number of carbonyl (C=O) groups excluding carboxylic acids is 2. The van der Waals surface area contributed by atoms with Crippen LogP contribution in [-0.2, 0) is 10.2 Å². The fraction of sp³-hybridized carbons (Fsp3) is 0.519. The molecule has 172 valence electrons. The Labute approximate surface area is 192 Å². The molecule has 2 N–H and O–H groups in total. The molecule has 0 saturated heterocycles. The fourth-order valence-electron chi connectivity index (χ4n) is 4.43. The molecule has 3 rings (SSSR count). The highest BCUT2D eigenvalue weighted by Crippen LogP contribution is 2.40. The lowest BCUT2D eigenvalue weighted by molar-refractivity contribution is -0.130. The number of nitrogens with one attached hydrogen (secondary N) is 2. The van der Waals surface area contributed by atoms with E-state index in [9.17, 15) is 9.59 Å². The highest BCUT2D eigenvalue weighted by atomic mass is 16.2. The number of carbonyl (C=O) groups is 2. The Morgan fingerprint density at radius 2 is 1.69 bits per heavy atom. The topological polar surface area (TPSA) is 71.1 Å². The van der Waals surface area contributed by atoms with Crippen LogP contribution in [0.2, 0.25) is 0 Å². The fourth-order valence-corrected chi connectivity index (χ4v) is 4.43. The minimum absolute atomic E-state index is 0.0953. The van der Waals surface area contributed by atoms with Gasteiger partial charge in [-0.25, -0.2) is 0 Å². The molecule has 5 nitrogen and oxygen atoms in total. The summed E-state index contributed by atoms with van der Waals surface area (Å²) < 4.78 is 0. The molecule has 1 saturated carbocycles. The molecule has 0 radical (unpaired) electrons. The third-order valence-corrected chi connectivity index (χ3v) is 6.17. The lowest BCUT2D eigenvalue weighted by Gasteiger charge is -2.42. The van der Waals surface area contributed by atoms with E-state index < -0.39 is 5.54 Å². The van der Waals surface area contributed by atoms with Crippen LogP contribution < -0.4 is 10.6 Å². The second-order valence-electron chi connectivity index (χ2n) is 11.1. The molecular weight excluding hydrogens is 398 g/mol. The molecule has 1 aliphatic rings. The SMILES string of the molecule is CC(C)(C)NC(=O)C1(NC(=O)c2ccccn2)CCCC(c2ccc(C(C)(C)C)cc2)C1. The molecule has 1 aromatic carbocycles. The average molecular weight is 436 g/mol. The van der Waals surface area contributed by atoms with Crippen LogP contribution in [-0.4, -0.2) is 27.9 Å². The van der Waals surface area contributed by atoms with E-state index in [4.69, 9.17) is 0 Å². The number of aromatic nitrogens is 1. The third-order valence-electron chi connectivity index (χ3n) is 6.17. The van der Waals surface area contributed by atoms with Gasteiger partial charge in [0, 0.05) is 11.7 Å². The van der Waals surface area contributed by atoms with E-state index in [1.807, 2.05) is 20.8 Å². The average Bonchev–Trinajstić information content (AvgIpc) is 2.73. The number of hydrogen-bond donors (Lipinski definition) is 2. The first-order chi connectivity index (χ1) is 14.9. The molecule has 1 aromatic heterocycles. The molecule has 0 spiro atoms. The molecule has 5 heteroatoms. The second-order valence-corrected chi connectivity index (χ2v) is 11.1. The van der Waals surface area contributed by atoms with E-state index in [0.29, 0.717) is 18.5 Å². The summed E-state index contributed by atoms with van der Waals surface area (Å²) in [6.45, 7) is 12.5. The summed E-state index contributed by atoms with van der Waals surface area (Å²) in [6.07, 6.45) is 4.65. The van der Waals surface area contributed by atoms with E-state index in [1.54, 1.807) is 24.4 Å². The van der Waals surface area contributed by atoms with Gasteiger partial charge < -0.3 is 10.6 Å². The van der Waals surface area contributed by atoms with Crippen molar-refractivity contribution in [1.29, 1.82) is 0 Å². The standard InChI is InChI=1S/C27H37N3O2/c1-25(2,3)21-14-12-19(13-15-21)20-10-9-16-27(18-20,24(32)30-26(4,5)6)29-23(31)22-11-7-8-17-28-22/h7-8,11-15,17,20H,9-10,16,18H2,1-6H3,(H,29,31)(H,30,32). The highest BCUT2D eigenvalue weighted by molar-refractivity contribution is 5.98. The first-order valence-electron chi connectivity index (χ1n) is 11.6. The van der Waals surface area contributed by atoms with Crippen LogP contribution in [0.25, 0.3) is 0 Å². The number of nitrogens with zero attached hydrogens (tertiary/aromatic N) is 1. The Kier molecular flexibility index (Phi) is 6.77. The van der Waals surface area contributed by atoms with Gasteiger partial charge in [0.1, 0.15) is 11.2 Å². The first-order valence-corrected chi connectivity index (χ1v) is 11.6. The molecule has 1 aliphatic carbocycles. The Hall–Kier alpha value is -2.69. The van der Waals surface area contributed by atoms with Gasteiger partial charge in [0.2, 0.25) is 5.91 Å². The third kappa shape index (κ3) is 5.76. The quantitative estimate of drug-likeness (QED) is 0.700. The molecule has 1 heterocycles. The van der Waals surface area contributed by atoms with Gasteiger partial charge in [-0.15, -0.1) is 0 Å². The maximum Gasteiger partial charge on any atom is 0.270 e. The second kappa shape index (κ2) is 9.05. The normalized spacial score (nSPS) is 21.6. The molecule has 2 aromatic rings. The lowest BCUT2D eigenvalue weighted by atomic mass is 9.72. The Balaban J connectivity index is 1.90. The number of benzene rings is 1. The zero-order valence-electron chi connectivity index (χ0n) is 20.3. The van der Waals surface area contributed by atoms with Crippen molar-refractivity contribution < 1.29 is 9.59 Å². The van der Waals surface area contributed by atoms with Gasteiger partial charge in [0.25, 0.3) is 5.91 Å². The molecule has 1 fully saturated rings. The van der Waals surface area contributed by atoms with Crippen LogP contribution in [0.1, 0.15) is 94.8 Å². The minimum Gasteiger partial charge on any atom is -0.349 e. The Morgan fingerprint density at radius 1 is 1.00 bits per heavy atom. The predicted octanol–water partition coefficient (Wildman–Crippen LogP) is 5.12. The molecule has 2 atom stereocenters. The van der Waals surface area contributed by atoms with E-state index in [1.165, 1.54) is 11.1 Å². The van der Waals surface area contributed by atoms with Crippen molar-refractivity contribution in [3.8, 4) is 0 Å². The zero-order valence-corrected chi connectivity index (χ0v) is 20.3. The van der Waals surface area contributed by atoms with Crippen molar-refractivity contribution in [2.75, 3.05) is 0 Å². The molecule has 2 amide bonds. The summed E-state index contributed by atoms with van der Waals surface area (Å²) in [7, 11) is 0. The molecule has 2 unspecified atom stereocenters. The zero-order chi connectivity index (χ0) is 23.6. The number of hydrogen-bond acceptors (Lipinski definition) is 3. The maximum absolute atomic E-state index is 13.5. The van der Waals surface area contributed by atoms with Crippen LogP contribution in [0, 0.1) is 0 Å². The largest absolute Gasteiger partial charge is 0.349 e. The van der Waals surface area contributed by atoms with E-state index in [-0.39, 0.29) is 28.7 Å². The van der Waals surface area contributed by atoms with Crippen LogP contribution >= 0.6 is 0 Å². The summed E-state index contributed by atoms with van der Waals surface area (Å²) in [6, 6.07) is 14.0. The van der Waals surface area contributed by atoms with Gasteiger partial charge in [-0.3, -0.25) is 14.6 Å². The van der Waals surface area contributed by atoms with Crippen LogP contribution in [0.4, 0.5) is 0 Å². The highest BCUT2D eigenvalue weighted by Gasteiger charge is 2.45. The van der Waals surface area contributed by atoms with Gasteiger partial charge in [-0.05, 0) is 81.0 Å². The van der Waals surface area contributed by atoms with Gasteiger partial charge in [-0.1, -0.05) is 51.1 Å². The molecule has 0 aliphatic heterocycles. The van der Waals surface area contributed by atoms with Crippen molar-refractivity contribution in [2.45, 2.75) is 89.6 Å². The van der Waals surface area contributed by atoms with Crippen LogP contribution in [0.15, 0.2) is 48.7 Å². The lowest BCUT2D eigenvalue weighted by Crippen LogP contribution is -2.63. The van der Waals surface area contributed by atoms with Gasteiger partial charge in [0.05, 0.1) is 0 Å². The van der Waals surface area contributed by atoms with Crippen molar-refractivity contribution in [1.82, 2.24) is 15.6 Å². The van der Waals surface area contributed by atoms with Gasteiger partial charge in [-0.2, -0.15) is 0 Å². The minimum atomic E-state index is -0.965. The van der Waals surface area contributed by atoms with E-state index >= 15 is 0 Å². The molecule has 32 heavy (non-hydrogen) atoms. The Bertz CT molecular complexity index is 940. The van der Waals surface area contributed by atoms with E-state index in [2.05, 4.69) is 60.7 Å². The number of pyridine rings is 1. The summed E-state index contributed by atoms with van der Waals surface area (Å²) in [5.41, 5.74) is 1.58. The van der Waals surface area contributed by atoms with Crippen molar-refractivity contribution >= 4 is 11.8 Å².